The number of H-pyrrole nitrogens is 1. The number of aromatic amines is 1. The van der Waals surface area contributed by atoms with Gasteiger partial charge in [-0.2, -0.15) is 0 Å². The van der Waals surface area contributed by atoms with E-state index in [1.54, 1.807) is 14.2 Å². The molecule has 1 unspecified atom stereocenters. The number of hydrogen-bond acceptors (Lipinski definition) is 4. The summed E-state index contributed by atoms with van der Waals surface area (Å²) in [4.78, 5) is 20.8. The Hall–Kier alpha value is -3.25. The first kappa shape index (κ1) is 22.5. The van der Waals surface area contributed by atoms with E-state index in [4.69, 9.17) is 9.47 Å². The number of carbonyl (C=O) groups is 1. The predicted molar refractivity (Wildman–Crippen MR) is 135 cm³/mol. The molecule has 0 aliphatic carbocycles. The minimum absolute atomic E-state index is 0.139. The molecule has 0 saturated carbocycles. The Labute approximate surface area is 201 Å². The molecule has 1 fully saturated rings. The van der Waals surface area contributed by atoms with E-state index < -0.39 is 0 Å². The van der Waals surface area contributed by atoms with Gasteiger partial charge in [0.25, 0.3) is 0 Å². The molecular formula is C28H33N3O3. The van der Waals surface area contributed by atoms with E-state index >= 15 is 0 Å². The number of amides is 1. The van der Waals surface area contributed by atoms with Crippen molar-refractivity contribution in [2.45, 2.75) is 25.7 Å². The van der Waals surface area contributed by atoms with Gasteiger partial charge in [-0.15, -0.1) is 0 Å². The van der Waals surface area contributed by atoms with E-state index in [2.05, 4.69) is 40.3 Å². The first-order chi connectivity index (χ1) is 16.6. The summed E-state index contributed by atoms with van der Waals surface area (Å²) in [5.41, 5.74) is 4.61. The standard InChI is InChI=1S/C28H33N3O3/c1-33-26-14-21-10-13-31(28(32)16-23(21)15-27(26)34-2)19-20-9-12-30(18-20)11-5-6-22-17-29-25-8-4-3-7-24(22)25/h3-4,7-8,10,13-15,17,20,29H,5-6,9,11-12,16,18-19H2,1-2H3. The van der Waals surface area contributed by atoms with E-state index in [1.165, 1.54) is 16.5 Å². The molecule has 34 heavy (non-hydrogen) atoms. The van der Waals surface area contributed by atoms with Crippen molar-refractivity contribution in [1.29, 1.82) is 0 Å². The van der Waals surface area contributed by atoms with Crippen LogP contribution in [-0.2, 0) is 17.6 Å². The van der Waals surface area contributed by atoms with E-state index in [9.17, 15) is 4.79 Å². The molecule has 6 nitrogen and oxygen atoms in total. The van der Waals surface area contributed by atoms with Crippen molar-refractivity contribution in [3.05, 3.63) is 65.5 Å². The molecule has 6 heteroatoms. The number of aromatic nitrogens is 1. The van der Waals surface area contributed by atoms with Crippen molar-refractivity contribution in [2.24, 2.45) is 5.92 Å². The minimum atomic E-state index is 0.139. The van der Waals surface area contributed by atoms with Crippen molar-refractivity contribution in [2.75, 3.05) is 40.4 Å². The maximum absolute atomic E-state index is 13.0. The van der Waals surface area contributed by atoms with Crippen LogP contribution in [0.2, 0.25) is 0 Å². The molecule has 1 amide bonds. The van der Waals surface area contributed by atoms with Gasteiger partial charge in [0, 0.05) is 36.4 Å². The van der Waals surface area contributed by atoms with Crippen LogP contribution in [0.15, 0.2) is 48.8 Å². The van der Waals surface area contributed by atoms with Gasteiger partial charge >= 0.3 is 0 Å². The number of aryl methyl sites for hydroxylation is 1. The average Bonchev–Trinajstić information content (AvgIpc) is 3.45. The summed E-state index contributed by atoms with van der Waals surface area (Å²) in [6.07, 6.45) is 9.87. The molecule has 0 radical (unpaired) electrons. The van der Waals surface area contributed by atoms with Crippen LogP contribution in [0.3, 0.4) is 0 Å². The highest BCUT2D eigenvalue weighted by molar-refractivity contribution is 5.84. The lowest BCUT2D eigenvalue weighted by Gasteiger charge is -2.22. The first-order valence-electron chi connectivity index (χ1n) is 12.1. The highest BCUT2D eigenvalue weighted by Gasteiger charge is 2.27. The Bertz CT molecular complexity index is 1200. The molecule has 0 spiro atoms. The lowest BCUT2D eigenvalue weighted by atomic mass is 10.0. The number of hydrogen-bond donors (Lipinski definition) is 1. The highest BCUT2D eigenvalue weighted by atomic mass is 16.5. The molecule has 1 N–H and O–H groups in total. The van der Waals surface area contributed by atoms with E-state index in [1.807, 2.05) is 29.3 Å². The van der Waals surface area contributed by atoms with E-state index in [0.717, 1.165) is 56.6 Å². The number of para-hydroxylation sites is 1. The third kappa shape index (κ3) is 4.68. The minimum Gasteiger partial charge on any atom is -0.493 e. The lowest BCUT2D eigenvalue weighted by molar-refractivity contribution is -0.128. The summed E-state index contributed by atoms with van der Waals surface area (Å²) in [7, 11) is 3.26. The smallest absolute Gasteiger partial charge is 0.230 e. The van der Waals surface area contributed by atoms with Crippen LogP contribution >= 0.6 is 0 Å². The topological polar surface area (TPSA) is 57.8 Å². The summed E-state index contributed by atoms with van der Waals surface area (Å²) >= 11 is 0. The lowest BCUT2D eigenvalue weighted by Crippen LogP contribution is -2.33. The van der Waals surface area contributed by atoms with E-state index in [0.29, 0.717) is 23.8 Å². The van der Waals surface area contributed by atoms with Gasteiger partial charge in [0.15, 0.2) is 11.5 Å². The fourth-order valence-corrected chi connectivity index (χ4v) is 5.30. The summed E-state index contributed by atoms with van der Waals surface area (Å²) in [6, 6.07) is 12.4. The van der Waals surface area contributed by atoms with Crippen molar-refractivity contribution in [3.8, 4) is 11.5 Å². The molecule has 2 aromatic carbocycles. The highest BCUT2D eigenvalue weighted by Crippen LogP contribution is 2.33. The maximum atomic E-state index is 13.0. The molecule has 3 aromatic rings. The number of carbonyl (C=O) groups excluding carboxylic acids is 1. The second-order valence-corrected chi connectivity index (χ2v) is 9.36. The number of methoxy groups -OCH3 is 2. The van der Waals surface area contributed by atoms with Crippen molar-refractivity contribution in [1.82, 2.24) is 14.8 Å². The molecule has 1 aromatic heterocycles. The molecule has 2 aliphatic heterocycles. The third-order valence-electron chi connectivity index (χ3n) is 7.16. The van der Waals surface area contributed by atoms with Crippen LogP contribution in [0.4, 0.5) is 0 Å². The number of rotatable bonds is 8. The summed E-state index contributed by atoms with van der Waals surface area (Å²) in [5, 5.41) is 1.34. The zero-order chi connectivity index (χ0) is 23.5. The summed E-state index contributed by atoms with van der Waals surface area (Å²) < 4.78 is 10.8. The summed E-state index contributed by atoms with van der Waals surface area (Å²) in [6.45, 7) is 4.04. The van der Waals surface area contributed by atoms with Crippen molar-refractivity contribution >= 4 is 22.9 Å². The van der Waals surface area contributed by atoms with Gasteiger partial charge in [-0.3, -0.25) is 4.79 Å². The largest absolute Gasteiger partial charge is 0.493 e. The number of likely N-dealkylation sites (tertiary alicyclic amines) is 1. The fraction of sp³-hybridized carbons (Fsp3) is 0.393. The quantitative estimate of drug-likeness (QED) is 0.539. The Morgan fingerprint density at radius 2 is 1.94 bits per heavy atom. The molecule has 1 atom stereocenters. The molecule has 2 aliphatic rings. The summed E-state index contributed by atoms with van der Waals surface area (Å²) in [5.74, 6) is 1.99. The van der Waals surface area contributed by atoms with Gasteiger partial charge in [-0.25, -0.2) is 0 Å². The van der Waals surface area contributed by atoms with Gasteiger partial charge in [-0.05, 0) is 79.2 Å². The Balaban J connectivity index is 1.14. The first-order valence-corrected chi connectivity index (χ1v) is 12.1. The van der Waals surface area contributed by atoms with Gasteiger partial charge in [-0.1, -0.05) is 18.2 Å². The zero-order valence-electron chi connectivity index (χ0n) is 20.0. The zero-order valence-corrected chi connectivity index (χ0v) is 20.0. The number of nitrogens with one attached hydrogen (secondary N) is 1. The van der Waals surface area contributed by atoms with Crippen LogP contribution in [-0.4, -0.2) is 61.1 Å². The van der Waals surface area contributed by atoms with Gasteiger partial charge in [0.05, 0.1) is 20.6 Å². The maximum Gasteiger partial charge on any atom is 0.230 e. The fourth-order valence-electron chi connectivity index (χ4n) is 5.30. The molecular weight excluding hydrogens is 426 g/mol. The van der Waals surface area contributed by atoms with E-state index in [-0.39, 0.29) is 5.91 Å². The van der Waals surface area contributed by atoms with Gasteiger partial charge in [0.2, 0.25) is 5.91 Å². The number of nitrogens with zero attached hydrogens (tertiary/aromatic N) is 2. The third-order valence-corrected chi connectivity index (χ3v) is 7.16. The monoisotopic (exact) mass is 459 g/mol. The van der Waals surface area contributed by atoms with Crippen LogP contribution < -0.4 is 9.47 Å². The normalized spacial score (nSPS) is 18.4. The van der Waals surface area contributed by atoms with Gasteiger partial charge in [0.1, 0.15) is 0 Å². The predicted octanol–water partition coefficient (Wildman–Crippen LogP) is 4.50. The SMILES string of the molecule is COc1cc2c(cc1OC)CC(=O)N(CC1CCN(CCCc3c[nH]c4ccccc34)C1)C=C2. The molecule has 5 rings (SSSR count). The van der Waals surface area contributed by atoms with Crippen molar-refractivity contribution < 1.29 is 14.3 Å². The Morgan fingerprint density at radius 1 is 1.12 bits per heavy atom. The van der Waals surface area contributed by atoms with Crippen molar-refractivity contribution in [3.63, 3.8) is 0 Å². The van der Waals surface area contributed by atoms with Gasteiger partial charge < -0.3 is 24.3 Å². The number of benzene rings is 2. The average molecular weight is 460 g/mol. The van der Waals surface area contributed by atoms with Crippen LogP contribution in [0, 0.1) is 5.92 Å². The van der Waals surface area contributed by atoms with Crippen LogP contribution in [0.25, 0.3) is 17.0 Å². The second kappa shape index (κ2) is 9.94. The number of fused-ring (bicyclic) bond motifs is 2. The Kier molecular flexibility index (Phi) is 6.59. The number of ether oxygens (including phenoxy) is 2. The molecule has 1 saturated heterocycles. The molecule has 178 valence electrons. The Morgan fingerprint density at radius 3 is 2.79 bits per heavy atom. The second-order valence-electron chi connectivity index (χ2n) is 9.36. The van der Waals surface area contributed by atoms with Crippen LogP contribution in [0.1, 0.15) is 29.5 Å². The molecule has 3 heterocycles. The molecule has 0 bridgehead atoms. The van der Waals surface area contributed by atoms with Crippen LogP contribution in [0.5, 0.6) is 11.5 Å².